The van der Waals surface area contributed by atoms with E-state index in [4.69, 9.17) is 0 Å². The van der Waals surface area contributed by atoms with E-state index in [1.807, 2.05) is 13.8 Å². The van der Waals surface area contributed by atoms with Gasteiger partial charge in [-0.05, 0) is 26.0 Å². The maximum atomic E-state index is 13.7. The average molecular weight is 395 g/mol. The lowest BCUT2D eigenvalue weighted by Crippen LogP contribution is -2.16. The third-order valence-corrected chi connectivity index (χ3v) is 5.64. The fraction of sp³-hybridized carbons (Fsp3) is 0.235. The molecule has 26 heavy (non-hydrogen) atoms. The van der Waals surface area contributed by atoms with E-state index >= 15 is 0 Å². The molecule has 2 aromatic heterocycles. The summed E-state index contributed by atoms with van der Waals surface area (Å²) in [5.41, 5.74) is 1.06. The zero-order valence-corrected chi connectivity index (χ0v) is 15.6. The summed E-state index contributed by atoms with van der Waals surface area (Å²) in [6.07, 6.45) is -0.444. The van der Waals surface area contributed by atoms with Crippen LogP contribution in [-0.2, 0) is 17.8 Å². The summed E-state index contributed by atoms with van der Waals surface area (Å²) < 4.78 is 27.3. The van der Waals surface area contributed by atoms with Gasteiger partial charge in [0.15, 0.2) is 5.13 Å². The first-order valence-corrected chi connectivity index (χ1v) is 9.30. The lowest BCUT2D eigenvalue weighted by atomic mass is 10.1. The highest BCUT2D eigenvalue weighted by atomic mass is 32.1. The van der Waals surface area contributed by atoms with E-state index in [0.29, 0.717) is 10.6 Å². The Morgan fingerprint density at radius 1 is 1.19 bits per heavy atom. The predicted octanol–water partition coefficient (Wildman–Crippen LogP) is 3.84. The summed E-state index contributed by atoms with van der Waals surface area (Å²) in [4.78, 5) is 22.3. The molecule has 0 atom stereocenters. The number of halogens is 2. The molecule has 0 aliphatic carbocycles. The molecule has 0 bridgehead atoms. The van der Waals surface area contributed by atoms with Crippen LogP contribution in [0.1, 0.15) is 21.1 Å². The first-order chi connectivity index (χ1) is 12.4. The molecule has 0 fully saturated rings. The normalized spacial score (nSPS) is 11.0. The van der Waals surface area contributed by atoms with Crippen molar-refractivity contribution in [3.63, 3.8) is 0 Å². The maximum absolute atomic E-state index is 13.7. The number of carbonyl (C=O) groups excluding carboxylic acids is 1. The van der Waals surface area contributed by atoms with Gasteiger partial charge in [0.2, 0.25) is 5.91 Å². The molecule has 2 heterocycles. The molecule has 1 amide bonds. The number of aromatic nitrogens is 2. The lowest BCUT2D eigenvalue weighted by Gasteiger charge is -2.04. The van der Waals surface area contributed by atoms with Crippen molar-refractivity contribution in [1.29, 1.82) is 0 Å². The topological polar surface area (TPSA) is 75.1 Å². The number of aryl methyl sites for hydroxylation is 2. The molecular formula is C17H15F2N3O2S2. The Bertz CT molecular complexity index is 949. The number of amides is 1. The van der Waals surface area contributed by atoms with Crippen LogP contribution in [-0.4, -0.2) is 21.0 Å². The molecule has 0 unspecified atom stereocenters. The average Bonchev–Trinajstić information content (AvgIpc) is 3.13. The molecule has 1 aromatic carbocycles. The number of aliphatic hydroxyl groups is 1. The van der Waals surface area contributed by atoms with Crippen molar-refractivity contribution in [2.75, 3.05) is 5.32 Å². The molecule has 9 heteroatoms. The molecule has 5 nitrogen and oxygen atoms in total. The highest BCUT2D eigenvalue weighted by molar-refractivity contribution is 7.18. The highest BCUT2D eigenvalue weighted by Crippen LogP contribution is 2.36. The number of anilines is 1. The van der Waals surface area contributed by atoms with E-state index in [-0.39, 0.29) is 17.3 Å². The first-order valence-electron chi connectivity index (χ1n) is 7.66. The third kappa shape index (κ3) is 3.79. The van der Waals surface area contributed by atoms with E-state index < -0.39 is 24.0 Å². The Morgan fingerprint density at radius 3 is 2.46 bits per heavy atom. The van der Waals surface area contributed by atoms with Crippen molar-refractivity contribution in [2.24, 2.45) is 0 Å². The molecule has 3 aromatic rings. The van der Waals surface area contributed by atoms with Crippen LogP contribution in [0.4, 0.5) is 13.9 Å². The van der Waals surface area contributed by atoms with Gasteiger partial charge in [0, 0.05) is 5.56 Å². The van der Waals surface area contributed by atoms with Gasteiger partial charge in [0.25, 0.3) is 0 Å². The minimum atomic E-state index is -0.771. The second kappa shape index (κ2) is 7.56. The SMILES string of the molecule is Cc1nc(C)c(-c2nc(NC(=O)Cc3c(F)cccc3F)sc2CO)s1. The molecule has 2 N–H and O–H groups in total. The van der Waals surface area contributed by atoms with Gasteiger partial charge in [-0.3, -0.25) is 4.79 Å². The monoisotopic (exact) mass is 395 g/mol. The van der Waals surface area contributed by atoms with Crippen LogP contribution in [0.15, 0.2) is 18.2 Å². The molecule has 0 aliphatic heterocycles. The zero-order valence-electron chi connectivity index (χ0n) is 14.0. The largest absolute Gasteiger partial charge is 0.391 e. The quantitative estimate of drug-likeness (QED) is 0.688. The summed E-state index contributed by atoms with van der Waals surface area (Å²) >= 11 is 2.56. The van der Waals surface area contributed by atoms with Gasteiger partial charge in [-0.15, -0.1) is 11.3 Å². The number of aliphatic hydroxyl groups excluding tert-OH is 1. The number of carbonyl (C=O) groups is 1. The molecule has 0 spiro atoms. The zero-order chi connectivity index (χ0) is 18.8. The van der Waals surface area contributed by atoms with Crippen molar-refractivity contribution in [1.82, 2.24) is 9.97 Å². The van der Waals surface area contributed by atoms with E-state index in [1.165, 1.54) is 17.4 Å². The fourth-order valence-corrected chi connectivity index (χ4v) is 4.31. The van der Waals surface area contributed by atoms with Gasteiger partial charge < -0.3 is 10.4 Å². The summed E-state index contributed by atoms with van der Waals surface area (Å²) in [6.45, 7) is 3.48. The second-order valence-corrected chi connectivity index (χ2v) is 7.81. The van der Waals surface area contributed by atoms with Gasteiger partial charge in [-0.2, -0.15) is 0 Å². The van der Waals surface area contributed by atoms with Crippen LogP contribution in [0.25, 0.3) is 10.6 Å². The van der Waals surface area contributed by atoms with Crippen LogP contribution >= 0.6 is 22.7 Å². The molecule has 136 valence electrons. The standard InChI is InChI=1S/C17H15F2N3O2S2/c1-8-16(25-9(2)20-8)15-13(7-23)26-17(22-15)21-14(24)6-10-11(18)4-3-5-12(10)19/h3-5,23H,6-7H2,1-2H3,(H,21,22,24). The third-order valence-electron chi connectivity index (χ3n) is 3.60. The van der Waals surface area contributed by atoms with E-state index in [1.54, 1.807) is 0 Å². The summed E-state index contributed by atoms with van der Waals surface area (Å²) in [5, 5.41) is 13.3. The number of benzene rings is 1. The van der Waals surface area contributed by atoms with E-state index in [2.05, 4.69) is 15.3 Å². The number of rotatable bonds is 5. The van der Waals surface area contributed by atoms with Crippen LogP contribution in [0.5, 0.6) is 0 Å². The fourth-order valence-electron chi connectivity index (χ4n) is 2.47. The smallest absolute Gasteiger partial charge is 0.230 e. The van der Waals surface area contributed by atoms with E-state index in [0.717, 1.165) is 39.0 Å². The van der Waals surface area contributed by atoms with Crippen LogP contribution in [0.3, 0.4) is 0 Å². The van der Waals surface area contributed by atoms with Crippen molar-refractivity contribution in [3.05, 3.63) is 51.0 Å². The number of thiazole rings is 2. The minimum Gasteiger partial charge on any atom is -0.391 e. The summed E-state index contributed by atoms with van der Waals surface area (Å²) in [6, 6.07) is 3.45. The Hall–Kier alpha value is -2.23. The van der Waals surface area contributed by atoms with Crippen LogP contribution < -0.4 is 5.32 Å². The van der Waals surface area contributed by atoms with Crippen molar-refractivity contribution >= 4 is 33.7 Å². The minimum absolute atomic E-state index is 0.235. The van der Waals surface area contributed by atoms with Gasteiger partial charge in [0.1, 0.15) is 17.3 Å². The second-order valence-electron chi connectivity index (χ2n) is 5.52. The molecule has 0 radical (unpaired) electrons. The lowest BCUT2D eigenvalue weighted by molar-refractivity contribution is -0.115. The molecule has 0 aliphatic rings. The molecule has 3 rings (SSSR count). The molecular weight excluding hydrogens is 380 g/mol. The summed E-state index contributed by atoms with van der Waals surface area (Å²) in [7, 11) is 0. The number of nitrogens with one attached hydrogen (secondary N) is 1. The Labute approximate surface area is 156 Å². The first kappa shape index (κ1) is 18.6. The van der Waals surface area contributed by atoms with Crippen molar-refractivity contribution in [3.8, 4) is 10.6 Å². The van der Waals surface area contributed by atoms with Crippen LogP contribution in [0, 0.1) is 25.5 Å². The Balaban J connectivity index is 1.82. The van der Waals surface area contributed by atoms with E-state index in [9.17, 15) is 18.7 Å². The van der Waals surface area contributed by atoms with Crippen molar-refractivity contribution in [2.45, 2.75) is 26.9 Å². The number of hydrogen-bond donors (Lipinski definition) is 2. The number of hydrogen-bond acceptors (Lipinski definition) is 6. The van der Waals surface area contributed by atoms with Crippen LogP contribution in [0.2, 0.25) is 0 Å². The Kier molecular flexibility index (Phi) is 5.40. The van der Waals surface area contributed by atoms with Crippen molar-refractivity contribution < 1.29 is 18.7 Å². The molecule has 0 saturated heterocycles. The Morgan fingerprint density at radius 2 is 1.88 bits per heavy atom. The van der Waals surface area contributed by atoms with Gasteiger partial charge in [-0.1, -0.05) is 17.4 Å². The summed E-state index contributed by atoms with van der Waals surface area (Å²) in [5.74, 6) is -2.13. The van der Waals surface area contributed by atoms with Gasteiger partial charge in [0.05, 0.1) is 33.5 Å². The maximum Gasteiger partial charge on any atom is 0.230 e. The van der Waals surface area contributed by atoms with Gasteiger partial charge >= 0.3 is 0 Å². The highest BCUT2D eigenvalue weighted by Gasteiger charge is 2.19. The molecule has 0 saturated carbocycles. The predicted molar refractivity (Wildman–Crippen MR) is 97.3 cm³/mol. The van der Waals surface area contributed by atoms with Gasteiger partial charge in [-0.25, -0.2) is 18.7 Å². The number of nitrogens with zero attached hydrogens (tertiary/aromatic N) is 2.